The first-order valence-corrected chi connectivity index (χ1v) is 16.4. The fraction of sp³-hybridized carbons (Fsp3) is 0.579. The quantitative estimate of drug-likeness (QED) is 0.424. The van der Waals surface area contributed by atoms with E-state index in [4.69, 9.17) is 16.3 Å². The maximum atomic E-state index is 13.3. The molecule has 0 aliphatic rings. The summed E-state index contributed by atoms with van der Waals surface area (Å²) in [5, 5.41) is 0.475. The first kappa shape index (κ1) is 22.1. The van der Waals surface area contributed by atoms with Crippen molar-refractivity contribution in [1.82, 2.24) is 0 Å². The molecule has 0 bridgehead atoms. The van der Waals surface area contributed by atoms with Crippen LogP contribution in [-0.4, -0.2) is 33.5 Å². The van der Waals surface area contributed by atoms with E-state index in [0.717, 1.165) is 0 Å². The van der Waals surface area contributed by atoms with Crippen LogP contribution >= 0.6 is 11.6 Å². The van der Waals surface area contributed by atoms with Gasteiger partial charge >= 0.3 is 5.97 Å². The van der Waals surface area contributed by atoms with E-state index in [-0.39, 0.29) is 11.3 Å². The Kier molecular flexibility index (Phi) is 6.87. The molecule has 0 spiro atoms. The van der Waals surface area contributed by atoms with Crippen LogP contribution < -0.4 is 0 Å². The number of benzene rings is 1. The molecular weight excluding hydrogens is 368 g/mol. The first-order valence-electron chi connectivity index (χ1n) is 8.69. The lowest BCUT2D eigenvalue weighted by molar-refractivity contribution is -0.134. The highest BCUT2D eigenvalue weighted by Gasteiger charge is 2.46. The van der Waals surface area contributed by atoms with E-state index >= 15 is 0 Å². The Morgan fingerprint density at radius 3 is 2.16 bits per heavy atom. The Morgan fingerprint density at radius 1 is 1.16 bits per heavy atom. The summed E-state index contributed by atoms with van der Waals surface area (Å²) in [4.78, 5) is 25.9. The zero-order valence-electron chi connectivity index (χ0n) is 16.7. The molecule has 0 heterocycles. The average molecular weight is 399 g/mol. The third-order valence-electron chi connectivity index (χ3n) is 4.46. The van der Waals surface area contributed by atoms with Gasteiger partial charge in [0.25, 0.3) is 0 Å². The van der Waals surface area contributed by atoms with E-state index < -0.39 is 27.7 Å². The summed E-state index contributed by atoms with van der Waals surface area (Å²) in [5.41, 5.74) is -0.799. The van der Waals surface area contributed by atoms with Crippen molar-refractivity contribution in [3.63, 3.8) is 0 Å². The Hall–Kier alpha value is -0.916. The molecule has 2 atom stereocenters. The van der Waals surface area contributed by atoms with Gasteiger partial charge in [0, 0.05) is 18.6 Å². The van der Waals surface area contributed by atoms with E-state index in [1.807, 2.05) is 6.92 Å². The van der Waals surface area contributed by atoms with Gasteiger partial charge in [-0.15, -0.1) is 0 Å². The smallest absolute Gasteiger partial charge is 0.339 e. The molecule has 1 rings (SSSR count). The van der Waals surface area contributed by atoms with Gasteiger partial charge in [-0.2, -0.15) is 0 Å². The van der Waals surface area contributed by atoms with E-state index in [1.165, 1.54) is 0 Å². The van der Waals surface area contributed by atoms with Crippen LogP contribution in [0.15, 0.2) is 24.3 Å². The molecule has 0 fully saturated rings. The fourth-order valence-corrected chi connectivity index (χ4v) is 6.47. The second kappa shape index (κ2) is 7.76. The van der Waals surface area contributed by atoms with Crippen LogP contribution in [0.4, 0.5) is 0 Å². The van der Waals surface area contributed by atoms with Crippen molar-refractivity contribution in [1.29, 1.82) is 0 Å². The molecule has 0 aromatic heterocycles. The highest BCUT2D eigenvalue weighted by molar-refractivity contribution is 6.81. The number of hydrogen-bond acceptors (Lipinski definition) is 3. The summed E-state index contributed by atoms with van der Waals surface area (Å²) in [5.74, 6) is -0.441. The first-order chi connectivity index (χ1) is 11.2. The van der Waals surface area contributed by atoms with Gasteiger partial charge in [0.05, 0.1) is 13.6 Å². The van der Waals surface area contributed by atoms with Crippen LogP contribution in [0, 0.1) is 0 Å². The summed E-state index contributed by atoms with van der Waals surface area (Å²) in [6.07, 6.45) is 0. The van der Waals surface area contributed by atoms with Crippen molar-refractivity contribution in [3.8, 4) is 0 Å². The average Bonchev–Trinajstić information content (AvgIpc) is 2.42. The third kappa shape index (κ3) is 6.39. The number of esters is 1. The van der Waals surface area contributed by atoms with Crippen LogP contribution in [0.1, 0.15) is 24.2 Å². The number of carbonyl (C=O) groups is 2. The molecule has 1 aromatic carbocycles. The maximum absolute atomic E-state index is 13.3. The molecule has 0 saturated heterocycles. The van der Waals surface area contributed by atoms with Crippen LogP contribution in [0.25, 0.3) is 0 Å². The molecule has 0 aliphatic carbocycles. The number of Topliss-reactive ketones (excluding diaryl/α,β-unsaturated/α-hetero) is 1. The minimum atomic E-state index is -1.69. The molecule has 0 aliphatic heterocycles. The molecule has 0 saturated carbocycles. The Bertz CT molecular complexity index is 647. The second-order valence-corrected chi connectivity index (χ2v) is 20.8. The molecule has 6 heteroatoms. The standard InChI is InChI=1S/C19H31ClO3Si2/c1-14(25(6,7)8)17(21)19(2,13-24(3,4)5)23-18(22)15-10-9-11-16(20)12-15/h9-12,14H,13H2,1-8H3. The van der Waals surface area contributed by atoms with Gasteiger partial charge in [-0.25, -0.2) is 4.79 Å². The van der Waals surface area contributed by atoms with E-state index in [2.05, 4.69) is 39.3 Å². The van der Waals surface area contributed by atoms with Gasteiger partial charge in [0.1, 0.15) is 0 Å². The lowest BCUT2D eigenvalue weighted by Gasteiger charge is -2.37. The molecule has 0 amide bonds. The van der Waals surface area contributed by atoms with E-state index in [9.17, 15) is 9.59 Å². The number of hydrogen-bond donors (Lipinski definition) is 0. The molecule has 3 nitrogen and oxygen atoms in total. The number of halogens is 1. The van der Waals surface area contributed by atoms with Gasteiger partial charge in [0.2, 0.25) is 0 Å². The highest BCUT2D eigenvalue weighted by Crippen LogP contribution is 2.35. The van der Waals surface area contributed by atoms with Crippen LogP contribution in [0.5, 0.6) is 0 Å². The third-order valence-corrected chi connectivity index (χ3v) is 9.29. The lowest BCUT2D eigenvalue weighted by atomic mass is 10.00. The van der Waals surface area contributed by atoms with Gasteiger partial charge in [-0.3, -0.25) is 4.79 Å². The second-order valence-electron chi connectivity index (χ2n) is 9.32. The molecule has 25 heavy (non-hydrogen) atoms. The number of carbonyl (C=O) groups excluding carboxylic acids is 2. The molecule has 140 valence electrons. The van der Waals surface area contributed by atoms with Gasteiger partial charge in [-0.1, -0.05) is 63.9 Å². The minimum Gasteiger partial charge on any atom is -0.448 e. The predicted octanol–water partition coefficient (Wildman–Crippen LogP) is 5.89. The maximum Gasteiger partial charge on any atom is 0.339 e. The molecule has 2 unspecified atom stereocenters. The molecule has 0 N–H and O–H groups in total. The van der Waals surface area contributed by atoms with Gasteiger partial charge < -0.3 is 4.74 Å². The van der Waals surface area contributed by atoms with E-state index in [1.54, 1.807) is 31.2 Å². The molecular formula is C19H31ClO3Si2. The lowest BCUT2D eigenvalue weighted by Crippen LogP contribution is -2.50. The van der Waals surface area contributed by atoms with Crippen molar-refractivity contribution in [3.05, 3.63) is 34.9 Å². The van der Waals surface area contributed by atoms with Crippen LogP contribution in [0.2, 0.25) is 55.9 Å². The molecule has 1 aromatic rings. The van der Waals surface area contributed by atoms with Crippen LogP contribution in [-0.2, 0) is 9.53 Å². The van der Waals surface area contributed by atoms with Crippen molar-refractivity contribution in [2.24, 2.45) is 0 Å². The van der Waals surface area contributed by atoms with Crippen LogP contribution in [0.3, 0.4) is 0 Å². The summed E-state index contributed by atoms with van der Waals surface area (Å²) >= 11 is 5.98. The summed E-state index contributed by atoms with van der Waals surface area (Å²) in [6.45, 7) is 16.8. The Balaban J connectivity index is 3.19. The summed E-state index contributed by atoms with van der Waals surface area (Å²) in [6, 6.07) is 7.26. The van der Waals surface area contributed by atoms with Crippen molar-refractivity contribution in [2.45, 2.75) is 70.3 Å². The normalized spacial score (nSPS) is 16.0. The minimum absolute atomic E-state index is 0.0458. The van der Waals surface area contributed by atoms with Gasteiger partial charge in [0.15, 0.2) is 11.4 Å². The van der Waals surface area contributed by atoms with Crippen molar-refractivity contribution >= 4 is 39.5 Å². The zero-order chi connectivity index (χ0) is 19.6. The fourth-order valence-electron chi connectivity index (χ4n) is 2.92. The predicted molar refractivity (Wildman–Crippen MR) is 111 cm³/mol. The summed E-state index contributed by atoms with van der Waals surface area (Å²) in [7, 11) is -3.34. The Morgan fingerprint density at radius 2 is 1.72 bits per heavy atom. The number of ether oxygens (including phenoxy) is 1. The van der Waals surface area contributed by atoms with Gasteiger partial charge in [-0.05, 0) is 31.2 Å². The van der Waals surface area contributed by atoms with Crippen molar-refractivity contribution in [2.75, 3.05) is 0 Å². The number of ketones is 1. The van der Waals surface area contributed by atoms with Crippen molar-refractivity contribution < 1.29 is 14.3 Å². The number of rotatable bonds is 7. The van der Waals surface area contributed by atoms with E-state index in [0.29, 0.717) is 16.6 Å². The summed E-state index contributed by atoms with van der Waals surface area (Å²) < 4.78 is 5.84. The molecule has 0 radical (unpaired) electrons. The SMILES string of the molecule is CC(C(=O)C(C)(C[Si](C)(C)C)OC(=O)c1cccc(Cl)c1)[Si](C)(C)C. The highest BCUT2D eigenvalue weighted by atomic mass is 35.5. The topological polar surface area (TPSA) is 43.4 Å². The zero-order valence-corrected chi connectivity index (χ0v) is 19.5. The monoisotopic (exact) mass is 398 g/mol. The largest absolute Gasteiger partial charge is 0.448 e. The Labute approximate surface area is 159 Å².